The van der Waals surface area contributed by atoms with E-state index in [0.717, 1.165) is 5.56 Å². The van der Waals surface area contributed by atoms with Crippen LogP contribution >= 0.6 is 0 Å². The van der Waals surface area contributed by atoms with E-state index in [-0.39, 0.29) is 5.92 Å². The van der Waals surface area contributed by atoms with E-state index in [4.69, 9.17) is 0 Å². The number of nitrogens with zero attached hydrogens (tertiary/aromatic N) is 3. The molecule has 0 aliphatic heterocycles. The molecule has 5 nitrogen and oxygen atoms in total. The number of aromatic nitrogens is 3. The van der Waals surface area contributed by atoms with Gasteiger partial charge in [0.2, 0.25) is 0 Å². The van der Waals surface area contributed by atoms with E-state index < -0.39 is 11.9 Å². The predicted octanol–water partition coefficient (Wildman–Crippen LogP) is 1.86. The van der Waals surface area contributed by atoms with E-state index in [1.807, 2.05) is 27.0 Å². The van der Waals surface area contributed by atoms with Crippen molar-refractivity contribution in [3.05, 3.63) is 29.7 Å². The number of rotatable bonds is 3. The Morgan fingerprint density at radius 3 is 2.71 bits per heavy atom. The average molecular weight is 233 g/mol. The third kappa shape index (κ3) is 2.00. The van der Waals surface area contributed by atoms with Crippen LogP contribution in [0.25, 0.3) is 5.65 Å². The minimum absolute atomic E-state index is 0.00334. The van der Waals surface area contributed by atoms with Gasteiger partial charge in [-0.25, -0.2) is 9.50 Å². The zero-order valence-corrected chi connectivity index (χ0v) is 10.1. The molecule has 2 heterocycles. The minimum atomic E-state index is -0.836. The van der Waals surface area contributed by atoms with Gasteiger partial charge in [-0.15, -0.1) is 0 Å². The van der Waals surface area contributed by atoms with Crippen molar-refractivity contribution in [3.63, 3.8) is 0 Å². The first kappa shape index (κ1) is 11.6. The molecule has 0 amide bonds. The van der Waals surface area contributed by atoms with E-state index in [1.165, 1.54) is 0 Å². The molecule has 2 aromatic rings. The second-order valence-corrected chi connectivity index (χ2v) is 4.56. The van der Waals surface area contributed by atoms with Crippen molar-refractivity contribution in [1.29, 1.82) is 0 Å². The largest absolute Gasteiger partial charge is 0.481 e. The van der Waals surface area contributed by atoms with Crippen molar-refractivity contribution in [1.82, 2.24) is 14.6 Å². The molecule has 0 fully saturated rings. The number of carboxylic acids is 1. The standard InChI is InChI=1S/C12H15N3O2/c1-7(2)10(12(16)17)9-5-14-15-6-8(3)4-13-11(9)15/h4-7,10H,1-3H3,(H,16,17). The number of carbonyl (C=O) groups is 1. The Morgan fingerprint density at radius 2 is 2.12 bits per heavy atom. The van der Waals surface area contributed by atoms with Gasteiger partial charge in [0.1, 0.15) is 0 Å². The molecule has 5 heteroatoms. The number of carboxylic acid groups (broad SMARTS) is 1. The van der Waals surface area contributed by atoms with Crippen LogP contribution in [0, 0.1) is 12.8 Å². The molecule has 0 aliphatic rings. The first-order valence-electron chi connectivity index (χ1n) is 5.53. The Bertz CT molecular complexity index is 560. The zero-order chi connectivity index (χ0) is 12.6. The molecule has 17 heavy (non-hydrogen) atoms. The quantitative estimate of drug-likeness (QED) is 0.878. The van der Waals surface area contributed by atoms with Crippen LogP contribution < -0.4 is 0 Å². The van der Waals surface area contributed by atoms with Gasteiger partial charge >= 0.3 is 5.97 Å². The van der Waals surface area contributed by atoms with Gasteiger partial charge in [-0.1, -0.05) is 13.8 Å². The SMILES string of the molecule is Cc1cnc2c(C(C(=O)O)C(C)C)cnn2c1. The van der Waals surface area contributed by atoms with E-state index in [1.54, 1.807) is 16.9 Å². The van der Waals surface area contributed by atoms with Crippen molar-refractivity contribution in [2.45, 2.75) is 26.7 Å². The fourth-order valence-electron chi connectivity index (χ4n) is 1.98. The second-order valence-electron chi connectivity index (χ2n) is 4.56. The molecule has 1 N–H and O–H groups in total. The molecule has 1 atom stereocenters. The van der Waals surface area contributed by atoms with E-state index in [0.29, 0.717) is 11.2 Å². The summed E-state index contributed by atoms with van der Waals surface area (Å²) in [6, 6.07) is 0. The molecule has 0 radical (unpaired) electrons. The summed E-state index contributed by atoms with van der Waals surface area (Å²) in [5.74, 6) is -1.40. The maximum Gasteiger partial charge on any atom is 0.311 e. The van der Waals surface area contributed by atoms with Crippen molar-refractivity contribution < 1.29 is 9.90 Å². The third-order valence-electron chi connectivity index (χ3n) is 2.78. The summed E-state index contributed by atoms with van der Waals surface area (Å²) in [7, 11) is 0. The van der Waals surface area contributed by atoms with Crippen LogP contribution in [0.5, 0.6) is 0 Å². The van der Waals surface area contributed by atoms with Crippen LogP contribution in [0.2, 0.25) is 0 Å². The Labute approximate surface area is 99.1 Å². The average Bonchev–Trinajstić information content (AvgIpc) is 2.60. The molecule has 0 bridgehead atoms. The molecule has 0 spiro atoms. The van der Waals surface area contributed by atoms with Gasteiger partial charge in [0.25, 0.3) is 0 Å². The fourth-order valence-corrected chi connectivity index (χ4v) is 1.98. The normalized spacial score (nSPS) is 13.2. The van der Waals surface area contributed by atoms with Crippen molar-refractivity contribution in [2.24, 2.45) is 5.92 Å². The Hall–Kier alpha value is -1.91. The number of aryl methyl sites for hydroxylation is 1. The molecule has 2 rings (SSSR count). The molecule has 0 aliphatic carbocycles. The molecule has 0 saturated carbocycles. The van der Waals surface area contributed by atoms with E-state index in [2.05, 4.69) is 10.1 Å². The number of hydrogen-bond acceptors (Lipinski definition) is 3. The molecule has 1 unspecified atom stereocenters. The summed E-state index contributed by atoms with van der Waals surface area (Å²) in [6.07, 6.45) is 5.16. The lowest BCUT2D eigenvalue weighted by molar-refractivity contribution is -0.139. The first-order chi connectivity index (χ1) is 8.00. The van der Waals surface area contributed by atoms with Crippen molar-refractivity contribution in [2.75, 3.05) is 0 Å². The lowest BCUT2D eigenvalue weighted by Gasteiger charge is -2.14. The summed E-state index contributed by atoms with van der Waals surface area (Å²) in [5, 5.41) is 13.4. The highest BCUT2D eigenvalue weighted by molar-refractivity contribution is 5.79. The number of aliphatic carboxylic acids is 1. The highest BCUT2D eigenvalue weighted by atomic mass is 16.4. The summed E-state index contributed by atoms with van der Waals surface area (Å²) < 4.78 is 1.63. The Morgan fingerprint density at radius 1 is 1.41 bits per heavy atom. The van der Waals surface area contributed by atoms with Gasteiger partial charge in [-0.05, 0) is 18.4 Å². The van der Waals surface area contributed by atoms with Crippen LogP contribution in [0.1, 0.15) is 30.9 Å². The van der Waals surface area contributed by atoms with Crippen molar-refractivity contribution >= 4 is 11.6 Å². The van der Waals surface area contributed by atoms with Gasteiger partial charge in [0.05, 0.1) is 12.1 Å². The van der Waals surface area contributed by atoms with Gasteiger partial charge in [0.15, 0.2) is 5.65 Å². The molecular formula is C12H15N3O2. The van der Waals surface area contributed by atoms with Crippen LogP contribution in [-0.2, 0) is 4.79 Å². The van der Waals surface area contributed by atoms with Crippen LogP contribution in [0.3, 0.4) is 0 Å². The first-order valence-corrected chi connectivity index (χ1v) is 5.53. The fraction of sp³-hybridized carbons (Fsp3) is 0.417. The van der Waals surface area contributed by atoms with Gasteiger partial charge in [-0.2, -0.15) is 5.10 Å². The van der Waals surface area contributed by atoms with Crippen molar-refractivity contribution in [3.8, 4) is 0 Å². The highest BCUT2D eigenvalue weighted by Crippen LogP contribution is 2.27. The van der Waals surface area contributed by atoms with Crippen LogP contribution in [0.15, 0.2) is 18.6 Å². The van der Waals surface area contributed by atoms with Gasteiger partial charge in [0, 0.05) is 18.0 Å². The molecule has 0 aromatic carbocycles. The second kappa shape index (κ2) is 4.16. The molecule has 0 saturated heterocycles. The van der Waals surface area contributed by atoms with Crippen LogP contribution in [0.4, 0.5) is 0 Å². The summed E-state index contributed by atoms with van der Waals surface area (Å²) in [6.45, 7) is 5.69. The van der Waals surface area contributed by atoms with Gasteiger partial charge in [-0.3, -0.25) is 4.79 Å². The summed E-state index contributed by atoms with van der Waals surface area (Å²) in [4.78, 5) is 15.5. The lowest BCUT2D eigenvalue weighted by Crippen LogP contribution is -2.17. The molecule has 2 aromatic heterocycles. The molecule has 90 valence electrons. The monoisotopic (exact) mass is 233 g/mol. The summed E-state index contributed by atoms with van der Waals surface area (Å²) >= 11 is 0. The zero-order valence-electron chi connectivity index (χ0n) is 10.1. The highest BCUT2D eigenvalue weighted by Gasteiger charge is 2.27. The van der Waals surface area contributed by atoms with E-state index in [9.17, 15) is 9.90 Å². The van der Waals surface area contributed by atoms with Gasteiger partial charge < -0.3 is 5.11 Å². The Kier molecular flexibility index (Phi) is 2.83. The topological polar surface area (TPSA) is 67.5 Å². The number of fused-ring (bicyclic) bond motifs is 1. The smallest absolute Gasteiger partial charge is 0.311 e. The maximum atomic E-state index is 11.3. The predicted molar refractivity (Wildman–Crippen MR) is 62.9 cm³/mol. The Balaban J connectivity index is 2.58. The van der Waals surface area contributed by atoms with Crippen LogP contribution in [-0.4, -0.2) is 25.7 Å². The number of hydrogen-bond donors (Lipinski definition) is 1. The van der Waals surface area contributed by atoms with E-state index >= 15 is 0 Å². The lowest BCUT2D eigenvalue weighted by atomic mass is 9.90. The summed E-state index contributed by atoms with van der Waals surface area (Å²) in [5.41, 5.74) is 2.28. The third-order valence-corrected chi connectivity index (χ3v) is 2.78. The molecular weight excluding hydrogens is 218 g/mol. The minimum Gasteiger partial charge on any atom is -0.481 e. The maximum absolute atomic E-state index is 11.3.